The van der Waals surface area contributed by atoms with Gasteiger partial charge in [-0.25, -0.2) is 14.2 Å². The molecule has 2 aromatic heterocycles. The van der Waals surface area contributed by atoms with E-state index in [1.807, 2.05) is 0 Å². The zero-order valence-electron chi connectivity index (χ0n) is 18.6. The summed E-state index contributed by atoms with van der Waals surface area (Å²) in [5, 5.41) is 14.1. The number of halogens is 3. The number of aromatic nitrogens is 2. The van der Waals surface area contributed by atoms with Crippen molar-refractivity contribution in [3.8, 4) is 11.3 Å². The lowest BCUT2D eigenvalue weighted by atomic mass is 10.0. The molecule has 0 radical (unpaired) electrons. The van der Waals surface area contributed by atoms with Crippen LogP contribution in [0, 0.1) is 5.92 Å². The standard InChI is InChI=1S/C25H22Cl2FN3O4/c26-17-2-1-3-18(27)21(17)22-16(23(35-30-22)25(28)6-7-25)12-34-19-9-15-8-14(19)11-31(15)20-5-4-13(10-29-20)24(32)33/h1-5,10,14-15,19H,6-9,11-12H2,(H,32,33)/t14-,15-,19+/m0/s1. The second-order valence-electron chi connectivity index (χ2n) is 9.50. The molecule has 3 heterocycles. The first-order valence-corrected chi connectivity index (χ1v) is 12.3. The number of pyridine rings is 1. The molecule has 182 valence electrons. The van der Waals surface area contributed by atoms with Gasteiger partial charge in [0.25, 0.3) is 0 Å². The summed E-state index contributed by atoms with van der Waals surface area (Å²) in [5.41, 5.74) is 0.151. The molecule has 1 N–H and O–H groups in total. The van der Waals surface area contributed by atoms with E-state index < -0.39 is 11.6 Å². The van der Waals surface area contributed by atoms with Gasteiger partial charge in [0.1, 0.15) is 11.5 Å². The van der Waals surface area contributed by atoms with Crippen molar-refractivity contribution in [2.75, 3.05) is 11.4 Å². The van der Waals surface area contributed by atoms with Crippen LogP contribution in [0.3, 0.4) is 0 Å². The van der Waals surface area contributed by atoms with Crippen molar-refractivity contribution in [1.29, 1.82) is 0 Å². The highest BCUT2D eigenvalue weighted by Gasteiger charge is 2.51. The van der Waals surface area contributed by atoms with E-state index in [2.05, 4.69) is 15.0 Å². The third-order valence-electron chi connectivity index (χ3n) is 7.29. The summed E-state index contributed by atoms with van der Waals surface area (Å²) in [6.45, 7) is 0.919. The van der Waals surface area contributed by atoms with Gasteiger partial charge in [0.15, 0.2) is 11.4 Å². The highest BCUT2D eigenvalue weighted by molar-refractivity contribution is 6.39. The first-order chi connectivity index (χ1) is 16.8. The quantitative estimate of drug-likeness (QED) is 0.418. The smallest absolute Gasteiger partial charge is 0.337 e. The predicted molar refractivity (Wildman–Crippen MR) is 128 cm³/mol. The Morgan fingerprint density at radius 3 is 2.60 bits per heavy atom. The predicted octanol–water partition coefficient (Wildman–Crippen LogP) is 5.88. The monoisotopic (exact) mass is 517 g/mol. The van der Waals surface area contributed by atoms with Crippen molar-refractivity contribution in [2.24, 2.45) is 5.92 Å². The molecular formula is C25H22Cl2FN3O4. The van der Waals surface area contributed by atoms with Crippen LogP contribution in [0.15, 0.2) is 41.1 Å². The fourth-order valence-electron chi connectivity index (χ4n) is 5.32. The average molecular weight is 518 g/mol. The summed E-state index contributed by atoms with van der Waals surface area (Å²) in [5.74, 6) is 0.270. The maximum atomic E-state index is 15.1. The molecule has 2 saturated carbocycles. The van der Waals surface area contributed by atoms with Crippen LogP contribution in [-0.2, 0) is 17.0 Å². The van der Waals surface area contributed by atoms with E-state index in [-0.39, 0.29) is 36.0 Å². The number of anilines is 1. The molecule has 0 spiro atoms. The largest absolute Gasteiger partial charge is 0.478 e. The van der Waals surface area contributed by atoms with Crippen molar-refractivity contribution < 1.29 is 23.6 Å². The average Bonchev–Trinajstić information content (AvgIpc) is 3.18. The normalized spacial score (nSPS) is 24.2. The van der Waals surface area contributed by atoms with Gasteiger partial charge in [-0.15, -0.1) is 0 Å². The lowest BCUT2D eigenvalue weighted by molar-refractivity contribution is 0.0113. The minimum absolute atomic E-state index is 0.00150. The number of alkyl halides is 1. The fourth-order valence-corrected chi connectivity index (χ4v) is 5.89. The number of hydrogen-bond acceptors (Lipinski definition) is 6. The minimum atomic E-state index is -1.52. The van der Waals surface area contributed by atoms with Gasteiger partial charge in [-0.2, -0.15) is 0 Å². The van der Waals surface area contributed by atoms with Gasteiger partial charge in [0.05, 0.1) is 33.9 Å². The molecule has 6 rings (SSSR count). The van der Waals surface area contributed by atoms with E-state index in [0.29, 0.717) is 39.7 Å². The van der Waals surface area contributed by atoms with Gasteiger partial charge in [-0.3, -0.25) is 0 Å². The highest BCUT2D eigenvalue weighted by atomic mass is 35.5. The zero-order valence-corrected chi connectivity index (χ0v) is 20.1. The van der Waals surface area contributed by atoms with E-state index in [1.54, 1.807) is 30.3 Å². The molecule has 1 aliphatic heterocycles. The number of carbonyl (C=O) groups is 1. The fraction of sp³-hybridized carbons (Fsp3) is 0.400. The van der Waals surface area contributed by atoms with Crippen LogP contribution in [-0.4, -0.2) is 39.9 Å². The van der Waals surface area contributed by atoms with Crippen LogP contribution >= 0.6 is 23.2 Å². The van der Waals surface area contributed by atoms with E-state index in [9.17, 15) is 4.79 Å². The SMILES string of the molecule is O=C(O)c1ccc(N2C[C@@H]3C[C@H]2C[C@H]3OCc2c(-c3c(Cl)cccc3Cl)noc2C2(F)CC2)nc1. The molecule has 2 bridgehead atoms. The molecule has 10 heteroatoms. The molecule has 0 unspecified atom stereocenters. The Bertz CT molecular complexity index is 1270. The molecule has 3 fully saturated rings. The lowest BCUT2D eigenvalue weighted by Crippen LogP contribution is -2.39. The summed E-state index contributed by atoms with van der Waals surface area (Å²) in [4.78, 5) is 17.6. The number of rotatable bonds is 7. The number of aromatic carboxylic acids is 1. The molecule has 3 aliphatic rings. The van der Waals surface area contributed by atoms with Crippen molar-refractivity contribution in [2.45, 2.75) is 50.1 Å². The zero-order chi connectivity index (χ0) is 24.3. The number of carboxylic acid groups (broad SMARTS) is 1. The Morgan fingerprint density at radius 2 is 2.00 bits per heavy atom. The maximum absolute atomic E-state index is 15.1. The molecule has 1 saturated heterocycles. The topological polar surface area (TPSA) is 88.7 Å². The third kappa shape index (κ3) is 3.97. The number of carboxylic acids is 1. The molecule has 3 aromatic rings. The molecule has 1 aromatic carbocycles. The van der Waals surface area contributed by atoms with Crippen molar-refractivity contribution >= 4 is 35.0 Å². The Balaban J connectivity index is 1.19. The summed E-state index contributed by atoms with van der Waals surface area (Å²) in [7, 11) is 0. The Kier molecular flexibility index (Phi) is 5.51. The lowest BCUT2D eigenvalue weighted by Gasteiger charge is -2.32. The second kappa shape index (κ2) is 8.47. The second-order valence-corrected chi connectivity index (χ2v) is 10.3. The summed E-state index contributed by atoms with van der Waals surface area (Å²) in [6, 6.07) is 8.75. The van der Waals surface area contributed by atoms with Gasteiger partial charge in [0.2, 0.25) is 0 Å². The molecule has 7 nitrogen and oxygen atoms in total. The van der Waals surface area contributed by atoms with Gasteiger partial charge in [0, 0.05) is 30.3 Å². The number of benzene rings is 1. The summed E-state index contributed by atoms with van der Waals surface area (Å²) < 4.78 is 26.9. The first kappa shape index (κ1) is 22.8. The number of fused-ring (bicyclic) bond motifs is 2. The van der Waals surface area contributed by atoms with Gasteiger partial charge >= 0.3 is 5.97 Å². The number of nitrogens with zero attached hydrogens (tertiary/aromatic N) is 3. The molecule has 0 amide bonds. The highest BCUT2D eigenvalue weighted by Crippen LogP contribution is 2.53. The molecule has 35 heavy (non-hydrogen) atoms. The van der Waals surface area contributed by atoms with E-state index in [0.717, 1.165) is 25.2 Å². The van der Waals surface area contributed by atoms with Gasteiger partial charge < -0.3 is 19.3 Å². The van der Waals surface area contributed by atoms with Crippen LogP contribution in [0.25, 0.3) is 11.3 Å². The van der Waals surface area contributed by atoms with Gasteiger partial charge in [-0.05, 0) is 49.9 Å². The maximum Gasteiger partial charge on any atom is 0.337 e. The first-order valence-electron chi connectivity index (χ1n) is 11.5. The van der Waals surface area contributed by atoms with Crippen LogP contribution in [0.5, 0.6) is 0 Å². The van der Waals surface area contributed by atoms with Crippen molar-refractivity contribution in [3.05, 3.63) is 63.5 Å². The molecule has 2 aliphatic carbocycles. The Labute approximate surface area is 210 Å². The Morgan fingerprint density at radius 1 is 1.23 bits per heavy atom. The number of piperidine rings is 1. The minimum Gasteiger partial charge on any atom is -0.478 e. The van der Waals surface area contributed by atoms with Gasteiger partial charge in [-0.1, -0.05) is 34.4 Å². The van der Waals surface area contributed by atoms with E-state index in [4.69, 9.17) is 37.6 Å². The number of ether oxygens (including phenoxy) is 1. The van der Waals surface area contributed by atoms with Crippen LogP contribution in [0.4, 0.5) is 10.2 Å². The number of hydrogen-bond donors (Lipinski definition) is 1. The van der Waals surface area contributed by atoms with Crippen molar-refractivity contribution in [3.63, 3.8) is 0 Å². The molecular weight excluding hydrogens is 496 g/mol. The summed E-state index contributed by atoms with van der Waals surface area (Å²) >= 11 is 12.8. The van der Waals surface area contributed by atoms with Crippen LogP contribution < -0.4 is 4.90 Å². The third-order valence-corrected chi connectivity index (χ3v) is 7.92. The van der Waals surface area contributed by atoms with Crippen molar-refractivity contribution in [1.82, 2.24) is 10.1 Å². The van der Waals surface area contributed by atoms with E-state index in [1.165, 1.54) is 6.20 Å². The Hall–Kier alpha value is -2.68. The van der Waals surface area contributed by atoms with Crippen LogP contribution in [0.1, 0.15) is 47.4 Å². The van der Waals surface area contributed by atoms with Crippen LogP contribution in [0.2, 0.25) is 10.0 Å². The molecule has 3 atom stereocenters. The van der Waals surface area contributed by atoms with E-state index >= 15 is 4.39 Å². The summed E-state index contributed by atoms with van der Waals surface area (Å²) in [6.07, 6.45) is 3.93.